The zero-order valence-electron chi connectivity index (χ0n) is 4.14. The van der Waals surface area contributed by atoms with Crippen LogP contribution < -0.4 is 34.9 Å². The van der Waals surface area contributed by atoms with Crippen LogP contribution in [-0.4, -0.2) is 20.8 Å². The first kappa shape index (κ1) is 24.1. The van der Waals surface area contributed by atoms with Gasteiger partial charge in [0.2, 0.25) is 0 Å². The Labute approximate surface area is 75.4 Å². The van der Waals surface area contributed by atoms with Gasteiger partial charge in [-0.25, -0.2) is 0 Å². The molecule has 0 bridgehead atoms. The Bertz CT molecular complexity index is 22.4. The maximum atomic E-state index is 8.12. The van der Waals surface area contributed by atoms with Crippen LogP contribution in [0.15, 0.2) is 0 Å². The summed E-state index contributed by atoms with van der Waals surface area (Å²) < 4.78 is 0. The zero-order chi connectivity index (χ0) is 4.71. The van der Waals surface area contributed by atoms with Crippen LogP contribution in [0, 0.1) is 10.1 Å². The van der Waals surface area contributed by atoms with Crippen molar-refractivity contribution in [3.05, 3.63) is 10.1 Å². The number of nitrogens with one attached hydrogen (secondary N) is 1. The van der Waals surface area contributed by atoms with Crippen molar-refractivity contribution >= 4 is 25.4 Å². The molecule has 0 saturated carbocycles. The monoisotopic (exact) mass is 151 g/mol. The van der Waals surface area contributed by atoms with Gasteiger partial charge < -0.3 is 5.48 Å². The molecule has 7 heavy (non-hydrogen) atoms. The van der Waals surface area contributed by atoms with E-state index in [4.69, 9.17) is 20.2 Å². The predicted octanol–water partition coefficient (Wildman–Crippen LogP) is -5.07. The van der Waals surface area contributed by atoms with Crippen molar-refractivity contribution in [2.45, 2.75) is 0 Å². The maximum Gasteiger partial charge on any atom is 1.00 e. The second-order valence-corrected chi connectivity index (χ2v) is 0.0833. The van der Waals surface area contributed by atoms with Crippen LogP contribution in [0.25, 0.3) is 0 Å². The third kappa shape index (κ3) is 138. The average molecular weight is 151 g/mol. The van der Waals surface area contributed by atoms with Crippen molar-refractivity contribution in [1.29, 1.82) is 0 Å². The van der Waals surface area contributed by atoms with Gasteiger partial charge >= 0.3 is 44.9 Å². The topological polar surface area (TPSA) is 84.1 Å². The molecule has 0 radical (unpaired) electrons. The Morgan fingerprint density at radius 1 is 1.57 bits per heavy atom. The normalized spacial score (nSPS) is 2.43. The molecule has 0 aromatic heterocycles. The smallest absolute Gasteiger partial charge is 0.870 e. The second-order valence-electron chi connectivity index (χ2n) is 0.0833. The van der Waals surface area contributed by atoms with Gasteiger partial charge in [-0.15, -0.1) is 0 Å². The first-order valence-electron chi connectivity index (χ1n) is 0.786. The maximum absolute atomic E-state index is 8.12. The van der Waals surface area contributed by atoms with Crippen molar-refractivity contribution in [1.82, 2.24) is 0 Å². The molecule has 0 fully saturated rings. The largest absolute Gasteiger partial charge is 1.00 e. The zero-order valence-corrected chi connectivity index (χ0v) is 8.90. The second kappa shape index (κ2) is 57.6. The molecule has 0 aliphatic heterocycles. The van der Waals surface area contributed by atoms with E-state index >= 15 is 0 Å². The summed E-state index contributed by atoms with van der Waals surface area (Å²) in [6.07, 6.45) is 0. The van der Waals surface area contributed by atoms with Crippen LogP contribution >= 0.6 is 10.0 Å². The van der Waals surface area contributed by atoms with E-state index in [1.54, 1.807) is 0 Å². The van der Waals surface area contributed by atoms with Gasteiger partial charge in [-0.05, 0) is 0 Å². The van der Waals surface area contributed by atoms with E-state index < -0.39 is 0 Å². The van der Waals surface area contributed by atoms with Gasteiger partial charge in [0.25, 0.3) is 0 Å². The molecule has 2 N–H and O–H groups in total. The van der Waals surface area contributed by atoms with Crippen LogP contribution in [-0.2, 0) is 0 Å². The Morgan fingerprint density at radius 3 is 1.57 bits per heavy atom. The van der Waals surface area contributed by atoms with Gasteiger partial charge in [0.1, 0.15) is 0 Å². The van der Waals surface area contributed by atoms with Crippen molar-refractivity contribution in [3.63, 3.8) is 0 Å². The van der Waals surface area contributed by atoms with Crippen molar-refractivity contribution in [2.24, 2.45) is 0 Å². The number of hydrogen-bond donors (Lipinski definition) is 1. The Hall–Kier alpha value is 1.18. The van der Waals surface area contributed by atoms with Crippen LogP contribution in [0.5, 0.6) is 0 Å². The van der Waals surface area contributed by atoms with Crippen LogP contribution in [0.1, 0.15) is 0 Å². The number of halogens is 1. The average Bonchev–Trinajstić information content (AvgIpc) is 1.46. The predicted molar refractivity (Wildman–Crippen MR) is 24.0 cm³/mol. The van der Waals surface area contributed by atoms with Gasteiger partial charge in [-0.3, -0.25) is 20.2 Å². The fourth-order valence-electron chi connectivity index (χ4n) is 0. The van der Waals surface area contributed by atoms with Gasteiger partial charge in [0.05, 0.1) is 0 Å². The molecular weight excluding hydrogens is 147 g/mol. The third-order valence-electron chi connectivity index (χ3n) is 0. The van der Waals surface area contributed by atoms with Crippen molar-refractivity contribution in [3.8, 4) is 0 Å². The molecule has 0 spiro atoms. The van der Waals surface area contributed by atoms with Gasteiger partial charge in [0, 0.05) is 5.34 Å². The SMILES string of the molecule is O=[NH+][O-].[AlH2][Cl].[Na+].[OH-]. The minimum absolute atomic E-state index is 0. The van der Waals surface area contributed by atoms with E-state index in [0.29, 0.717) is 0 Å². The Kier molecular flexibility index (Phi) is 199. The molecule has 7 heteroatoms. The van der Waals surface area contributed by atoms with Crippen LogP contribution in [0.2, 0.25) is 0 Å². The minimum Gasteiger partial charge on any atom is -0.870 e. The summed E-state index contributed by atoms with van der Waals surface area (Å²) in [6.45, 7) is 0. The number of hydrogen-bond acceptors (Lipinski definition) is 3. The third-order valence-corrected chi connectivity index (χ3v) is 0. The molecule has 0 unspecified atom stereocenters. The fourth-order valence-corrected chi connectivity index (χ4v) is 0. The summed E-state index contributed by atoms with van der Waals surface area (Å²) in [5.74, 6) is 0. The first-order chi connectivity index (χ1) is 2.41. The van der Waals surface area contributed by atoms with Gasteiger partial charge in [-0.2, -0.15) is 0 Å². The van der Waals surface area contributed by atoms with Gasteiger partial charge in [0.15, 0.2) is 0 Å². The van der Waals surface area contributed by atoms with E-state index in [2.05, 4.69) is 0 Å². The van der Waals surface area contributed by atoms with E-state index in [-0.39, 0.29) is 40.4 Å². The Morgan fingerprint density at radius 2 is 1.57 bits per heavy atom. The fraction of sp³-hybridized carbons (Fsp3) is 0. The summed E-state index contributed by atoms with van der Waals surface area (Å²) in [4.78, 5) is 8.12. The molecule has 0 atom stereocenters. The molecule has 4 nitrogen and oxygen atoms in total. The van der Waals surface area contributed by atoms with Crippen molar-refractivity contribution < 1.29 is 40.4 Å². The molecule has 0 aliphatic carbocycles. The molecule has 0 aliphatic rings. The molecule has 38 valence electrons. The Balaban J connectivity index is -0.0000000105. The molecule has 0 heterocycles. The number of rotatable bonds is 0. The first-order valence-corrected chi connectivity index (χ1v) is 3.81. The van der Waals surface area contributed by atoms with Gasteiger partial charge in [-0.1, -0.05) is 0 Å². The minimum atomic E-state index is 0. The summed E-state index contributed by atoms with van der Waals surface area (Å²) in [5, 5.41) is 8.38. The van der Waals surface area contributed by atoms with E-state index in [1.165, 1.54) is 0 Å². The van der Waals surface area contributed by atoms with Crippen LogP contribution in [0.4, 0.5) is 0 Å². The summed E-state index contributed by atoms with van der Waals surface area (Å²) >= 11 is 0.778. The molecular formula is H4AlClNNaO3. The summed E-state index contributed by atoms with van der Waals surface area (Å²) in [7, 11) is 4.78. The molecule has 0 aromatic carbocycles. The summed E-state index contributed by atoms with van der Waals surface area (Å²) in [6, 6.07) is 0. The van der Waals surface area contributed by atoms with Crippen LogP contribution in [0.3, 0.4) is 0 Å². The molecule has 0 aromatic rings. The van der Waals surface area contributed by atoms with E-state index in [1.807, 2.05) is 0 Å². The molecule has 0 saturated heterocycles. The summed E-state index contributed by atoms with van der Waals surface area (Å²) in [5.41, 5.74) is 0. The van der Waals surface area contributed by atoms with E-state index in [9.17, 15) is 0 Å². The van der Waals surface area contributed by atoms with E-state index in [0.717, 1.165) is 15.4 Å². The molecule has 0 amide bonds. The van der Waals surface area contributed by atoms with Crippen molar-refractivity contribution in [2.75, 3.05) is 0 Å². The standard InChI is InChI=1S/Al.ClH.HNO2.Na.H2O.2H/c;;2-1-3;;;;/h;1H;1H;;1H2;;/q+1;;;+1;;;/p-2. The molecule has 0 rings (SSSR count). The quantitative estimate of drug-likeness (QED) is 0.214.